The number of epoxide rings is 3. The molecule has 4 saturated heterocycles. The highest BCUT2D eigenvalue weighted by atomic mass is 16.6. The highest BCUT2D eigenvalue weighted by Crippen LogP contribution is 2.41. The first-order valence-corrected chi connectivity index (χ1v) is 15.8. The van der Waals surface area contributed by atoms with Crippen molar-refractivity contribution in [3.05, 3.63) is 82.9 Å². The lowest BCUT2D eigenvalue weighted by atomic mass is 9.74. The Morgan fingerprint density at radius 3 is 1.39 bits per heavy atom. The van der Waals surface area contributed by atoms with Crippen molar-refractivity contribution in [2.75, 3.05) is 62.5 Å². The first-order valence-electron chi connectivity index (χ1n) is 15.8. The average Bonchev–Trinajstić information content (AvgIpc) is 3.81. The van der Waals surface area contributed by atoms with E-state index in [-0.39, 0.29) is 46.7 Å². The van der Waals surface area contributed by atoms with Gasteiger partial charge in [-0.2, -0.15) is 0 Å². The Bertz CT molecular complexity index is 1470. The molecule has 8 nitrogen and oxygen atoms in total. The van der Waals surface area contributed by atoms with Crippen LogP contribution in [0.3, 0.4) is 0 Å². The molecule has 2 N–H and O–H groups in total. The summed E-state index contributed by atoms with van der Waals surface area (Å²) < 4.78 is 21.8. The van der Waals surface area contributed by atoms with E-state index in [1.54, 1.807) is 0 Å². The van der Waals surface area contributed by atoms with Gasteiger partial charge in [0.25, 0.3) is 0 Å². The third-order valence-corrected chi connectivity index (χ3v) is 9.89. The summed E-state index contributed by atoms with van der Waals surface area (Å²) in [5, 5.41) is 22.3. The molecule has 8 heteroatoms. The molecule has 44 heavy (non-hydrogen) atoms. The number of benzene rings is 3. The molecular weight excluding hydrogens is 556 g/mol. The number of aromatic hydroxyl groups is 2. The molecule has 0 spiro atoms. The van der Waals surface area contributed by atoms with Gasteiger partial charge in [-0.1, -0.05) is 64.1 Å². The second-order valence-electron chi connectivity index (χ2n) is 13.8. The van der Waals surface area contributed by atoms with Crippen molar-refractivity contribution in [1.82, 2.24) is 0 Å². The van der Waals surface area contributed by atoms with Gasteiger partial charge in [-0.25, -0.2) is 0 Å². The Kier molecular flexibility index (Phi) is 7.52. The molecule has 0 saturated carbocycles. The zero-order valence-electron chi connectivity index (χ0n) is 26.2. The third kappa shape index (κ3) is 6.01. The van der Waals surface area contributed by atoms with E-state index < -0.39 is 0 Å². The van der Waals surface area contributed by atoms with Gasteiger partial charge < -0.3 is 39.0 Å². The van der Waals surface area contributed by atoms with Crippen molar-refractivity contribution in [3.63, 3.8) is 0 Å². The maximum absolute atomic E-state index is 11.2. The van der Waals surface area contributed by atoms with Gasteiger partial charge in [-0.05, 0) is 46.5 Å². The van der Waals surface area contributed by atoms with Crippen LogP contribution in [0.25, 0.3) is 0 Å². The van der Waals surface area contributed by atoms with Gasteiger partial charge >= 0.3 is 0 Å². The molecule has 0 radical (unpaired) electrons. The molecule has 0 aromatic heterocycles. The Labute approximate surface area is 260 Å². The topological polar surface area (TPSA) is 93.8 Å². The van der Waals surface area contributed by atoms with Crippen molar-refractivity contribution in [2.45, 2.75) is 62.9 Å². The van der Waals surface area contributed by atoms with Crippen LogP contribution in [0.5, 0.6) is 11.5 Å². The molecule has 0 bridgehead atoms. The smallest absolute Gasteiger partial charge is 0.139 e. The van der Waals surface area contributed by atoms with Crippen molar-refractivity contribution in [3.8, 4) is 11.5 Å². The second kappa shape index (κ2) is 11.2. The van der Waals surface area contributed by atoms with Crippen LogP contribution in [0.15, 0.2) is 60.7 Å². The molecule has 3 atom stereocenters. The number of rotatable bonds is 13. The minimum atomic E-state index is -0.317. The number of hydrogen-bond acceptors (Lipinski definition) is 8. The number of nitrogens with zero attached hydrogens (tertiary/aromatic N) is 2. The summed E-state index contributed by atoms with van der Waals surface area (Å²) in [4.78, 5) is 4.42. The van der Waals surface area contributed by atoms with E-state index in [9.17, 15) is 10.2 Å². The van der Waals surface area contributed by atoms with E-state index in [1.165, 1.54) is 5.56 Å². The summed E-state index contributed by atoms with van der Waals surface area (Å²) in [5.41, 5.74) is 5.46. The minimum Gasteiger partial charge on any atom is -0.506 e. The number of phenols is 2. The number of hydrogen-bond donors (Lipinski definition) is 2. The van der Waals surface area contributed by atoms with Gasteiger partial charge in [0.15, 0.2) is 0 Å². The van der Waals surface area contributed by atoms with Gasteiger partial charge in [-0.15, -0.1) is 0 Å². The van der Waals surface area contributed by atoms with Crippen LogP contribution in [0, 0.1) is 0 Å². The molecule has 4 fully saturated rings. The largest absolute Gasteiger partial charge is 0.506 e. The first kappa shape index (κ1) is 29.4. The lowest BCUT2D eigenvalue weighted by Gasteiger charge is -2.39. The van der Waals surface area contributed by atoms with E-state index in [0.717, 1.165) is 67.5 Å². The average molecular weight is 601 g/mol. The Balaban J connectivity index is 1.09. The fourth-order valence-corrected chi connectivity index (χ4v) is 6.32. The molecule has 0 amide bonds. The van der Waals surface area contributed by atoms with Crippen LogP contribution in [0.2, 0.25) is 0 Å². The summed E-state index contributed by atoms with van der Waals surface area (Å²) in [6, 6.07) is 21.1. The van der Waals surface area contributed by atoms with Crippen LogP contribution in [0.1, 0.15) is 49.9 Å². The van der Waals surface area contributed by atoms with Crippen molar-refractivity contribution in [2.24, 2.45) is 0 Å². The third-order valence-electron chi connectivity index (χ3n) is 9.89. The van der Waals surface area contributed by atoms with Gasteiger partial charge in [0.05, 0.1) is 68.8 Å². The van der Waals surface area contributed by atoms with Crippen molar-refractivity contribution < 1.29 is 29.2 Å². The van der Waals surface area contributed by atoms with Crippen molar-refractivity contribution in [1.29, 1.82) is 0 Å². The van der Waals surface area contributed by atoms with E-state index in [1.807, 2.05) is 24.3 Å². The predicted octanol–water partition coefficient (Wildman–Crippen LogP) is 4.96. The molecule has 4 heterocycles. The minimum absolute atomic E-state index is 0.230. The van der Waals surface area contributed by atoms with Gasteiger partial charge in [0.1, 0.15) is 11.5 Å². The molecule has 0 aliphatic carbocycles. The Morgan fingerprint density at radius 1 is 0.591 bits per heavy atom. The number of phenolic OH excluding ortho intramolecular Hbond substituents is 2. The summed E-state index contributed by atoms with van der Waals surface area (Å²) in [6.45, 7) is 14.7. The lowest BCUT2D eigenvalue weighted by Crippen LogP contribution is -2.50. The summed E-state index contributed by atoms with van der Waals surface area (Å²) in [5.74, 6) is 0.572. The van der Waals surface area contributed by atoms with Gasteiger partial charge in [-0.3, -0.25) is 0 Å². The molecular formula is C36H44N2O6. The SMILES string of the molecule is CC(C)(c1ccc(C(C)(C)c2ccc(N(CC3CO3)C3COC3)c(O)c2)cc1)c1ccc(N(CC2CO2)CC2CO2)c(O)c1. The molecule has 3 unspecified atom stereocenters. The lowest BCUT2D eigenvalue weighted by molar-refractivity contribution is 0.00751. The molecule has 7 rings (SSSR count). The molecule has 4 aliphatic heterocycles. The maximum Gasteiger partial charge on any atom is 0.139 e. The van der Waals surface area contributed by atoms with Crippen LogP contribution >= 0.6 is 0 Å². The van der Waals surface area contributed by atoms with Gasteiger partial charge in [0.2, 0.25) is 0 Å². The Hall–Kier alpha value is -3.30. The molecule has 4 aliphatic rings. The Morgan fingerprint density at radius 2 is 1.00 bits per heavy atom. The van der Waals surface area contributed by atoms with Crippen LogP contribution in [-0.2, 0) is 29.8 Å². The zero-order valence-corrected chi connectivity index (χ0v) is 26.2. The molecule has 3 aromatic carbocycles. The fraction of sp³-hybridized carbons (Fsp3) is 0.500. The quantitative estimate of drug-likeness (QED) is 0.266. The van der Waals surface area contributed by atoms with Crippen LogP contribution in [0.4, 0.5) is 11.4 Å². The summed E-state index contributed by atoms with van der Waals surface area (Å²) in [7, 11) is 0. The molecule has 234 valence electrons. The van der Waals surface area contributed by atoms with E-state index >= 15 is 0 Å². The van der Waals surface area contributed by atoms with Crippen LogP contribution in [-0.4, -0.2) is 87.2 Å². The standard InChI is InChI=1S/C36H44N2O6/c1-35(2,25-9-11-31(33(39)13-25)37(15-28-20-42-28)16-29-21-43-29)23-5-7-24(8-6-23)36(3,4)26-10-12-32(34(40)14-26)38(17-30-22-44-30)27-18-41-19-27/h5-14,27-30,39-40H,15-22H2,1-4H3. The number of anilines is 2. The zero-order chi connectivity index (χ0) is 30.6. The maximum atomic E-state index is 11.2. The van der Waals surface area contributed by atoms with E-state index in [2.05, 4.69) is 73.9 Å². The molecule has 3 aromatic rings. The summed E-state index contributed by atoms with van der Waals surface area (Å²) in [6.07, 6.45) is 0.692. The predicted molar refractivity (Wildman–Crippen MR) is 170 cm³/mol. The monoisotopic (exact) mass is 600 g/mol. The van der Waals surface area contributed by atoms with Crippen LogP contribution < -0.4 is 9.80 Å². The highest BCUT2D eigenvalue weighted by Gasteiger charge is 2.35. The second-order valence-corrected chi connectivity index (χ2v) is 13.8. The van der Waals surface area contributed by atoms with E-state index in [4.69, 9.17) is 18.9 Å². The number of ether oxygens (including phenoxy) is 4. The normalized spacial score (nSPS) is 22.8. The van der Waals surface area contributed by atoms with Crippen molar-refractivity contribution >= 4 is 11.4 Å². The van der Waals surface area contributed by atoms with Gasteiger partial charge in [0, 0.05) is 30.5 Å². The first-order chi connectivity index (χ1) is 21.1. The van der Waals surface area contributed by atoms with E-state index in [0.29, 0.717) is 13.2 Å². The highest BCUT2D eigenvalue weighted by molar-refractivity contribution is 5.63. The summed E-state index contributed by atoms with van der Waals surface area (Å²) >= 11 is 0. The fourth-order valence-electron chi connectivity index (χ4n) is 6.32.